The quantitative estimate of drug-likeness (QED) is 0.232. The Balaban J connectivity index is 1.89. The molecule has 13 nitrogen and oxygen atoms in total. The lowest BCUT2D eigenvalue weighted by atomic mass is 9.94. The van der Waals surface area contributed by atoms with Crippen molar-refractivity contribution < 1.29 is 24.0 Å². The normalized spacial score (nSPS) is 23.7. The van der Waals surface area contributed by atoms with Gasteiger partial charge in [0.05, 0.1) is 0 Å². The van der Waals surface area contributed by atoms with Crippen LogP contribution in [0.25, 0.3) is 0 Å². The van der Waals surface area contributed by atoms with Gasteiger partial charge in [-0.3, -0.25) is 24.0 Å². The molecule has 0 aliphatic carbocycles. The van der Waals surface area contributed by atoms with E-state index in [9.17, 15) is 24.0 Å². The lowest BCUT2D eigenvalue weighted by Crippen LogP contribution is -2.63. The number of carbonyl (C=O) groups is 5. The number of rotatable bonds is 9. The molecule has 1 aliphatic rings. The third-order valence-electron chi connectivity index (χ3n) is 7.21. The fraction of sp³-hybridized carbons (Fsp3) is 0.500. The molecule has 43 heavy (non-hydrogen) atoms. The molecular formula is C30H42N8O5. The molecule has 1 aromatic carbocycles. The van der Waals surface area contributed by atoms with Crippen LogP contribution in [0.5, 0.6) is 0 Å². The number of nitrogens with zero attached hydrogens (tertiary/aromatic N) is 2. The van der Waals surface area contributed by atoms with Crippen molar-refractivity contribution in [2.24, 2.45) is 5.92 Å². The Kier molecular flexibility index (Phi) is 12.0. The fourth-order valence-electron chi connectivity index (χ4n) is 4.48. The Morgan fingerprint density at radius 1 is 0.953 bits per heavy atom. The van der Waals surface area contributed by atoms with E-state index in [2.05, 4.69) is 41.9 Å². The minimum Gasteiger partial charge on any atom is -0.354 e. The number of hydrogen-bond acceptors (Lipinski definition) is 8. The summed E-state index contributed by atoms with van der Waals surface area (Å²) >= 11 is 0. The van der Waals surface area contributed by atoms with E-state index in [1.807, 2.05) is 0 Å². The Morgan fingerprint density at radius 3 is 2.28 bits per heavy atom. The minimum atomic E-state index is -1.44. The standard InChI is InChI=1S/C30H42N8O5/c1-5-21-25(40)37-23(20-11-7-6-8-12-20)27(42)31-18-14-30(4,38-24(39)19(2)3)28(43)36-22(26(41)35-21)13-9-15-32-29-33-16-10-17-34-29/h6-8,10-12,16-17,19,21-23H,5,9,13-15,18H2,1-4H3,(H,31,42)(H,35,41)(H,36,43)(H,37,40)(H,38,39)(H,32,33,34)/t21-,22-,23+,30+/m0/s1. The number of hydrogen-bond donors (Lipinski definition) is 6. The van der Waals surface area contributed by atoms with Gasteiger partial charge in [-0.2, -0.15) is 0 Å². The Labute approximate surface area is 251 Å². The minimum absolute atomic E-state index is 0.0232. The summed E-state index contributed by atoms with van der Waals surface area (Å²) in [6.45, 7) is 7.16. The maximum atomic E-state index is 13.7. The molecule has 0 spiro atoms. The molecule has 5 amide bonds. The largest absolute Gasteiger partial charge is 0.354 e. The number of benzene rings is 1. The number of carbonyl (C=O) groups excluding carboxylic acids is 5. The summed E-state index contributed by atoms with van der Waals surface area (Å²) in [6.07, 6.45) is 4.18. The molecule has 4 atom stereocenters. The van der Waals surface area contributed by atoms with Crippen molar-refractivity contribution in [1.29, 1.82) is 0 Å². The molecule has 2 aromatic rings. The summed E-state index contributed by atoms with van der Waals surface area (Å²) in [5.41, 5.74) is -0.883. The van der Waals surface area contributed by atoms with Gasteiger partial charge in [0.1, 0.15) is 23.7 Å². The Morgan fingerprint density at radius 2 is 1.63 bits per heavy atom. The van der Waals surface area contributed by atoms with Crippen LogP contribution in [0.2, 0.25) is 0 Å². The number of aromatic nitrogens is 2. The van der Waals surface area contributed by atoms with Crippen LogP contribution in [0.4, 0.5) is 5.95 Å². The zero-order valence-electron chi connectivity index (χ0n) is 25.1. The summed E-state index contributed by atoms with van der Waals surface area (Å²) < 4.78 is 0. The Hall–Kier alpha value is -4.55. The first kappa shape index (κ1) is 33.0. The molecule has 1 fully saturated rings. The molecule has 1 aliphatic heterocycles. The van der Waals surface area contributed by atoms with Crippen LogP contribution in [0.3, 0.4) is 0 Å². The monoisotopic (exact) mass is 594 g/mol. The molecule has 0 saturated carbocycles. The van der Waals surface area contributed by atoms with Crippen LogP contribution in [-0.4, -0.2) is 70.2 Å². The zero-order valence-corrected chi connectivity index (χ0v) is 25.1. The van der Waals surface area contributed by atoms with Crippen molar-refractivity contribution >= 4 is 35.5 Å². The van der Waals surface area contributed by atoms with E-state index < -0.39 is 53.2 Å². The summed E-state index contributed by atoms with van der Waals surface area (Å²) in [5, 5.41) is 17.0. The van der Waals surface area contributed by atoms with Crippen LogP contribution in [0, 0.1) is 5.92 Å². The van der Waals surface area contributed by atoms with Crippen LogP contribution >= 0.6 is 0 Å². The van der Waals surface area contributed by atoms with Crippen LogP contribution in [0.1, 0.15) is 65.0 Å². The van der Waals surface area contributed by atoms with Crippen LogP contribution in [-0.2, 0) is 24.0 Å². The van der Waals surface area contributed by atoms with Gasteiger partial charge in [-0.15, -0.1) is 0 Å². The van der Waals surface area contributed by atoms with Crippen molar-refractivity contribution in [2.75, 3.05) is 18.4 Å². The molecule has 13 heteroatoms. The van der Waals surface area contributed by atoms with Crippen molar-refractivity contribution in [3.8, 4) is 0 Å². The van der Waals surface area contributed by atoms with Gasteiger partial charge in [-0.05, 0) is 44.2 Å². The van der Waals surface area contributed by atoms with Crippen molar-refractivity contribution in [3.05, 3.63) is 54.4 Å². The third kappa shape index (κ3) is 9.48. The summed E-state index contributed by atoms with van der Waals surface area (Å²) in [5.74, 6) is -2.46. The number of amides is 5. The lowest BCUT2D eigenvalue weighted by Gasteiger charge is -2.33. The smallest absolute Gasteiger partial charge is 0.247 e. The zero-order chi connectivity index (χ0) is 31.4. The van der Waals surface area contributed by atoms with Gasteiger partial charge < -0.3 is 31.9 Å². The molecule has 0 bridgehead atoms. The van der Waals surface area contributed by atoms with Gasteiger partial charge in [0.15, 0.2) is 0 Å². The SMILES string of the molecule is CC[C@@H]1NC(=O)[C@H](CCCNc2ncccn2)NC(=O)[C@](C)(NC(=O)C(C)C)CCNC(=O)[C@@H](c2ccccc2)NC1=O. The summed E-state index contributed by atoms with van der Waals surface area (Å²) in [6, 6.07) is 7.44. The highest BCUT2D eigenvalue weighted by Crippen LogP contribution is 2.17. The Bertz CT molecular complexity index is 1260. The van der Waals surface area contributed by atoms with E-state index in [4.69, 9.17) is 0 Å². The number of anilines is 1. The van der Waals surface area contributed by atoms with Gasteiger partial charge in [0, 0.05) is 31.4 Å². The molecular weight excluding hydrogens is 552 g/mol. The van der Waals surface area contributed by atoms with Crippen LogP contribution in [0.15, 0.2) is 48.8 Å². The lowest BCUT2D eigenvalue weighted by molar-refractivity contribution is -0.138. The second kappa shape index (κ2) is 15.6. The summed E-state index contributed by atoms with van der Waals surface area (Å²) in [7, 11) is 0. The first-order valence-corrected chi connectivity index (χ1v) is 14.6. The first-order valence-electron chi connectivity index (χ1n) is 14.6. The molecule has 1 aromatic heterocycles. The molecule has 3 rings (SSSR count). The predicted octanol–water partition coefficient (Wildman–Crippen LogP) is 0.957. The highest BCUT2D eigenvalue weighted by molar-refractivity contribution is 5.97. The van der Waals surface area contributed by atoms with Gasteiger partial charge in [0.2, 0.25) is 35.5 Å². The second-order valence-electron chi connectivity index (χ2n) is 11.0. The first-order chi connectivity index (χ1) is 20.5. The average molecular weight is 595 g/mol. The number of nitrogens with one attached hydrogen (secondary N) is 6. The second-order valence-corrected chi connectivity index (χ2v) is 11.0. The molecule has 6 N–H and O–H groups in total. The van der Waals surface area contributed by atoms with E-state index in [0.29, 0.717) is 24.5 Å². The van der Waals surface area contributed by atoms with Crippen molar-refractivity contribution in [2.45, 2.75) is 77.0 Å². The van der Waals surface area contributed by atoms with Crippen molar-refractivity contribution in [3.63, 3.8) is 0 Å². The molecule has 0 radical (unpaired) electrons. The fourth-order valence-corrected chi connectivity index (χ4v) is 4.48. The van der Waals surface area contributed by atoms with E-state index in [1.54, 1.807) is 76.5 Å². The third-order valence-corrected chi connectivity index (χ3v) is 7.21. The van der Waals surface area contributed by atoms with E-state index in [1.165, 1.54) is 0 Å². The van der Waals surface area contributed by atoms with Gasteiger partial charge >= 0.3 is 0 Å². The topological polar surface area (TPSA) is 183 Å². The highest BCUT2D eigenvalue weighted by atomic mass is 16.2. The van der Waals surface area contributed by atoms with Gasteiger partial charge in [-0.1, -0.05) is 51.1 Å². The maximum Gasteiger partial charge on any atom is 0.247 e. The highest BCUT2D eigenvalue weighted by Gasteiger charge is 2.38. The average Bonchev–Trinajstić information content (AvgIpc) is 3.00. The molecule has 2 heterocycles. The molecule has 1 saturated heterocycles. The molecule has 0 unspecified atom stereocenters. The summed E-state index contributed by atoms with van der Waals surface area (Å²) in [4.78, 5) is 74.8. The van der Waals surface area contributed by atoms with Crippen LogP contribution < -0.4 is 31.9 Å². The van der Waals surface area contributed by atoms with Gasteiger partial charge in [0.25, 0.3) is 0 Å². The van der Waals surface area contributed by atoms with E-state index in [0.717, 1.165) is 0 Å². The maximum absolute atomic E-state index is 13.7. The molecule has 232 valence electrons. The predicted molar refractivity (Wildman–Crippen MR) is 160 cm³/mol. The van der Waals surface area contributed by atoms with Gasteiger partial charge in [-0.25, -0.2) is 9.97 Å². The van der Waals surface area contributed by atoms with E-state index in [-0.39, 0.29) is 31.7 Å². The van der Waals surface area contributed by atoms with Crippen molar-refractivity contribution in [1.82, 2.24) is 36.6 Å². The van der Waals surface area contributed by atoms with E-state index >= 15 is 0 Å².